The number of H-pyrrole nitrogens is 2. The van der Waals surface area contributed by atoms with Crippen molar-refractivity contribution in [3.8, 4) is 0 Å². The van der Waals surface area contributed by atoms with Crippen LogP contribution in [-0.2, 0) is 0 Å². The highest BCUT2D eigenvalue weighted by Gasteiger charge is 2.18. The third-order valence-electron chi connectivity index (χ3n) is 2.66. The van der Waals surface area contributed by atoms with Crippen molar-refractivity contribution in [3.63, 3.8) is 0 Å². The van der Waals surface area contributed by atoms with Crippen LogP contribution in [0.3, 0.4) is 0 Å². The molecule has 0 radical (unpaired) electrons. The monoisotopic (exact) mass is 363 g/mol. The second-order valence-corrected chi connectivity index (χ2v) is 5.11. The largest absolute Gasteiger partial charge is 0.357 e. The second-order valence-electron chi connectivity index (χ2n) is 4.20. The molecule has 1 aromatic carbocycles. The second kappa shape index (κ2) is 6.81. The number of allylic oxidation sites excluding steroid dienone is 2. The summed E-state index contributed by atoms with van der Waals surface area (Å²) in [5, 5.41) is 10.8. The smallest absolute Gasteiger partial charge is 0.301 e. The highest BCUT2D eigenvalue weighted by molar-refractivity contribution is 9.10. The van der Waals surface area contributed by atoms with Crippen LogP contribution < -0.4 is 11.2 Å². The van der Waals surface area contributed by atoms with Gasteiger partial charge >= 0.3 is 16.9 Å². The summed E-state index contributed by atoms with van der Waals surface area (Å²) in [5.74, 6) is 0. The standard InChI is InChI=1S/C14H10BrN3O4/c15-10-7-5-9(6-8-10)3-1-2-4-11-12(18(21)22)13(19)17-14(20)16-11/h1-8H,(H2,16,17,19,20)/b3-1+,4-2+. The van der Waals surface area contributed by atoms with Crippen LogP contribution in [0.4, 0.5) is 5.69 Å². The molecule has 0 bridgehead atoms. The van der Waals surface area contributed by atoms with Crippen molar-refractivity contribution in [1.82, 2.24) is 9.97 Å². The summed E-state index contributed by atoms with van der Waals surface area (Å²) in [6.07, 6.45) is 6.22. The van der Waals surface area contributed by atoms with Crippen molar-refractivity contribution in [3.05, 3.63) is 83.1 Å². The van der Waals surface area contributed by atoms with Gasteiger partial charge in [-0.25, -0.2) is 4.79 Å². The van der Waals surface area contributed by atoms with E-state index in [0.29, 0.717) is 0 Å². The van der Waals surface area contributed by atoms with Crippen LogP contribution in [-0.4, -0.2) is 14.9 Å². The van der Waals surface area contributed by atoms with Crippen LogP contribution >= 0.6 is 15.9 Å². The Hall–Kier alpha value is -2.74. The van der Waals surface area contributed by atoms with Crippen molar-refractivity contribution in [1.29, 1.82) is 0 Å². The fourth-order valence-corrected chi connectivity index (χ4v) is 1.96. The molecule has 1 aromatic heterocycles. The number of nitro groups is 1. The molecule has 0 saturated heterocycles. The average molecular weight is 364 g/mol. The molecule has 0 fully saturated rings. The summed E-state index contributed by atoms with van der Waals surface area (Å²) in [6.45, 7) is 0. The van der Waals surface area contributed by atoms with Gasteiger partial charge in [-0.2, -0.15) is 0 Å². The summed E-state index contributed by atoms with van der Waals surface area (Å²) in [5.41, 5.74) is -1.76. The van der Waals surface area contributed by atoms with Crippen LogP contribution in [0.5, 0.6) is 0 Å². The van der Waals surface area contributed by atoms with E-state index in [0.717, 1.165) is 10.0 Å². The summed E-state index contributed by atoms with van der Waals surface area (Å²) >= 11 is 3.32. The molecule has 2 N–H and O–H groups in total. The Labute approximate surface area is 132 Å². The Balaban J connectivity index is 2.27. The maximum Gasteiger partial charge on any atom is 0.357 e. The Morgan fingerprint density at radius 1 is 1.05 bits per heavy atom. The predicted molar refractivity (Wildman–Crippen MR) is 86.5 cm³/mol. The van der Waals surface area contributed by atoms with Crippen molar-refractivity contribution < 1.29 is 4.92 Å². The van der Waals surface area contributed by atoms with Crippen LogP contribution in [0, 0.1) is 10.1 Å². The SMILES string of the molecule is O=c1[nH]c(/C=C/C=C/c2ccc(Br)cc2)c([N+](=O)[O-])c(=O)[nH]1. The molecule has 0 aliphatic carbocycles. The van der Waals surface area contributed by atoms with E-state index in [4.69, 9.17) is 0 Å². The maximum atomic E-state index is 11.4. The van der Waals surface area contributed by atoms with Crippen LogP contribution in [0.2, 0.25) is 0 Å². The third-order valence-corrected chi connectivity index (χ3v) is 3.19. The number of benzene rings is 1. The number of hydrogen-bond acceptors (Lipinski definition) is 4. The van der Waals surface area contributed by atoms with Crippen LogP contribution in [0.15, 0.2) is 50.5 Å². The molecule has 0 spiro atoms. The Morgan fingerprint density at radius 2 is 1.68 bits per heavy atom. The molecule has 2 aromatic rings. The molecule has 0 aliphatic heterocycles. The molecule has 7 nitrogen and oxygen atoms in total. The molecule has 22 heavy (non-hydrogen) atoms. The minimum atomic E-state index is -1.04. The Bertz CT molecular complexity index is 863. The molecular weight excluding hydrogens is 354 g/mol. The number of nitrogens with zero attached hydrogens (tertiary/aromatic N) is 1. The molecular formula is C14H10BrN3O4. The lowest BCUT2D eigenvalue weighted by molar-refractivity contribution is -0.386. The van der Waals surface area contributed by atoms with Gasteiger partial charge in [0, 0.05) is 4.47 Å². The van der Waals surface area contributed by atoms with Crippen molar-refractivity contribution in [2.45, 2.75) is 0 Å². The zero-order chi connectivity index (χ0) is 16.1. The van der Waals surface area contributed by atoms with Crippen molar-refractivity contribution >= 4 is 33.8 Å². The molecule has 0 saturated carbocycles. The molecule has 0 unspecified atom stereocenters. The Kier molecular flexibility index (Phi) is 4.84. The first-order valence-corrected chi connectivity index (χ1v) is 6.88. The average Bonchev–Trinajstić information content (AvgIpc) is 2.44. The summed E-state index contributed by atoms with van der Waals surface area (Å²) in [7, 11) is 0. The number of aromatic amines is 2. The van der Waals surface area contributed by atoms with Crippen molar-refractivity contribution in [2.75, 3.05) is 0 Å². The van der Waals surface area contributed by atoms with Gasteiger partial charge in [0.05, 0.1) is 4.92 Å². The maximum absolute atomic E-state index is 11.4. The fourth-order valence-electron chi connectivity index (χ4n) is 1.69. The quantitative estimate of drug-likeness (QED) is 0.493. The first kappa shape index (κ1) is 15.6. The van der Waals surface area contributed by atoms with Gasteiger partial charge in [-0.05, 0) is 23.8 Å². The van der Waals surface area contributed by atoms with Gasteiger partial charge in [0.15, 0.2) is 0 Å². The lowest BCUT2D eigenvalue weighted by Gasteiger charge is -1.95. The van der Waals surface area contributed by atoms with E-state index in [1.807, 2.05) is 29.2 Å². The normalized spacial score (nSPS) is 11.3. The number of rotatable bonds is 4. The third kappa shape index (κ3) is 3.89. The summed E-state index contributed by atoms with van der Waals surface area (Å²) in [4.78, 5) is 36.6. The van der Waals surface area contributed by atoms with Gasteiger partial charge in [0.1, 0.15) is 5.69 Å². The van der Waals surface area contributed by atoms with E-state index in [-0.39, 0.29) is 5.69 Å². The zero-order valence-corrected chi connectivity index (χ0v) is 12.7. The zero-order valence-electron chi connectivity index (χ0n) is 11.1. The number of aromatic nitrogens is 2. The minimum Gasteiger partial charge on any atom is -0.301 e. The van der Waals surface area contributed by atoms with Gasteiger partial charge in [-0.1, -0.05) is 46.3 Å². The van der Waals surface area contributed by atoms with Crippen LogP contribution in [0.25, 0.3) is 12.2 Å². The first-order valence-electron chi connectivity index (χ1n) is 6.08. The molecule has 8 heteroatoms. The minimum absolute atomic E-state index is 0.154. The van der Waals surface area contributed by atoms with Gasteiger partial charge in [-0.3, -0.25) is 19.9 Å². The van der Waals surface area contributed by atoms with Crippen LogP contribution in [0.1, 0.15) is 11.3 Å². The molecule has 1 heterocycles. The van der Waals surface area contributed by atoms with E-state index in [2.05, 4.69) is 20.9 Å². The number of halogens is 1. The fraction of sp³-hybridized carbons (Fsp3) is 0. The van der Waals surface area contributed by atoms with E-state index in [9.17, 15) is 19.7 Å². The molecule has 0 amide bonds. The highest BCUT2D eigenvalue weighted by Crippen LogP contribution is 2.12. The van der Waals surface area contributed by atoms with E-state index >= 15 is 0 Å². The summed E-state index contributed by atoms with van der Waals surface area (Å²) < 4.78 is 0.955. The van der Waals surface area contributed by atoms with E-state index in [1.54, 1.807) is 12.2 Å². The van der Waals surface area contributed by atoms with Gasteiger partial charge in [0.2, 0.25) is 0 Å². The predicted octanol–water partition coefficient (Wildman–Crippen LogP) is 2.46. The molecule has 112 valence electrons. The molecule has 2 rings (SSSR count). The van der Waals surface area contributed by atoms with Gasteiger partial charge < -0.3 is 4.98 Å². The number of hydrogen-bond donors (Lipinski definition) is 2. The first-order chi connectivity index (χ1) is 10.5. The lowest BCUT2D eigenvalue weighted by atomic mass is 10.2. The topological polar surface area (TPSA) is 109 Å². The van der Waals surface area contributed by atoms with Gasteiger partial charge in [0.25, 0.3) is 0 Å². The molecule has 0 atom stereocenters. The van der Waals surface area contributed by atoms with Crippen molar-refractivity contribution in [2.24, 2.45) is 0 Å². The number of nitrogens with one attached hydrogen (secondary N) is 2. The highest BCUT2D eigenvalue weighted by atomic mass is 79.9. The Morgan fingerprint density at radius 3 is 2.32 bits per heavy atom. The molecule has 0 aliphatic rings. The van der Waals surface area contributed by atoms with E-state index in [1.165, 1.54) is 12.2 Å². The summed E-state index contributed by atoms with van der Waals surface area (Å²) in [6, 6.07) is 7.52. The van der Waals surface area contributed by atoms with E-state index < -0.39 is 21.9 Å². The lowest BCUT2D eigenvalue weighted by Crippen LogP contribution is -2.25. The van der Waals surface area contributed by atoms with Gasteiger partial charge in [-0.15, -0.1) is 0 Å².